The Bertz CT molecular complexity index is 313. The van der Waals surface area contributed by atoms with Gasteiger partial charge >= 0.3 is 0 Å². The lowest BCUT2D eigenvalue weighted by Crippen LogP contribution is -2.52. The number of hydrogen-bond donors (Lipinski definition) is 2. The average molecular weight is 305 g/mol. The molecule has 0 radical (unpaired) electrons. The number of rotatable bonds is 6. The molecule has 1 saturated heterocycles. The van der Waals surface area contributed by atoms with Crippen LogP contribution >= 0.6 is 12.4 Å². The number of carbonyl (C=O) groups excluding carboxylic acids is 1. The van der Waals surface area contributed by atoms with E-state index >= 15 is 0 Å². The highest BCUT2D eigenvalue weighted by Crippen LogP contribution is 2.44. The van der Waals surface area contributed by atoms with Gasteiger partial charge in [-0.1, -0.05) is 19.8 Å². The summed E-state index contributed by atoms with van der Waals surface area (Å²) in [5, 5.41) is 3.20. The van der Waals surface area contributed by atoms with Gasteiger partial charge in [-0.05, 0) is 37.5 Å². The molecule has 0 bridgehead atoms. The number of nitrogens with one attached hydrogen (secondary N) is 1. The van der Waals surface area contributed by atoms with Crippen LogP contribution in [-0.2, 0) is 9.53 Å². The van der Waals surface area contributed by atoms with Crippen LogP contribution in [0.2, 0.25) is 0 Å². The highest BCUT2D eigenvalue weighted by atomic mass is 35.5. The summed E-state index contributed by atoms with van der Waals surface area (Å²) in [5.41, 5.74) is 5.87. The van der Waals surface area contributed by atoms with E-state index in [0.717, 1.165) is 19.4 Å². The van der Waals surface area contributed by atoms with E-state index in [4.69, 9.17) is 10.5 Å². The fraction of sp³-hybridized carbons (Fsp3) is 0.933. The normalized spacial score (nSPS) is 23.3. The Kier molecular flexibility index (Phi) is 6.76. The Morgan fingerprint density at radius 3 is 2.35 bits per heavy atom. The van der Waals surface area contributed by atoms with Crippen molar-refractivity contribution in [1.82, 2.24) is 5.32 Å². The molecular weight excluding hydrogens is 276 g/mol. The second kappa shape index (κ2) is 7.62. The number of halogens is 1. The summed E-state index contributed by atoms with van der Waals surface area (Å²) in [6.45, 7) is 4.81. The third-order valence-corrected chi connectivity index (χ3v) is 5.14. The third kappa shape index (κ3) is 3.66. The van der Waals surface area contributed by atoms with Crippen LogP contribution in [0.25, 0.3) is 0 Å². The van der Waals surface area contributed by atoms with Gasteiger partial charge in [0.15, 0.2) is 0 Å². The predicted molar refractivity (Wildman–Crippen MR) is 83.0 cm³/mol. The summed E-state index contributed by atoms with van der Waals surface area (Å²) in [6.07, 6.45) is 7.79. The maximum Gasteiger partial charge on any atom is 0.227 e. The summed E-state index contributed by atoms with van der Waals surface area (Å²) in [4.78, 5) is 12.5. The molecule has 0 unspecified atom stereocenters. The minimum Gasteiger partial charge on any atom is -0.381 e. The van der Waals surface area contributed by atoms with E-state index < -0.39 is 0 Å². The standard InChI is InChI=1S/C15H28N2O2.ClH/c1-2-4-14(5-3-6-14)12-17-13(18)15(11-16)7-9-19-10-8-15;/h2-12,16H2,1H3,(H,17,18);1H. The molecule has 4 nitrogen and oxygen atoms in total. The minimum absolute atomic E-state index is 0. The molecule has 1 aliphatic carbocycles. The Morgan fingerprint density at radius 2 is 1.90 bits per heavy atom. The highest BCUT2D eigenvalue weighted by Gasteiger charge is 2.41. The molecule has 0 aromatic carbocycles. The van der Waals surface area contributed by atoms with Crippen molar-refractivity contribution in [2.75, 3.05) is 26.3 Å². The topological polar surface area (TPSA) is 64.4 Å². The van der Waals surface area contributed by atoms with Gasteiger partial charge < -0.3 is 15.8 Å². The minimum atomic E-state index is -0.380. The van der Waals surface area contributed by atoms with E-state index in [1.165, 1.54) is 32.1 Å². The van der Waals surface area contributed by atoms with Crippen molar-refractivity contribution in [3.05, 3.63) is 0 Å². The van der Waals surface area contributed by atoms with Gasteiger partial charge in [-0.15, -0.1) is 12.4 Å². The number of nitrogens with two attached hydrogens (primary N) is 1. The fourth-order valence-electron chi connectivity index (χ4n) is 3.46. The lowest BCUT2D eigenvalue weighted by Gasteiger charge is -2.43. The smallest absolute Gasteiger partial charge is 0.227 e. The molecule has 2 aliphatic rings. The molecule has 1 saturated carbocycles. The van der Waals surface area contributed by atoms with E-state index in [9.17, 15) is 4.79 Å². The van der Waals surface area contributed by atoms with Crippen LogP contribution in [-0.4, -0.2) is 32.2 Å². The first kappa shape index (κ1) is 17.7. The second-order valence-electron chi connectivity index (χ2n) is 6.38. The van der Waals surface area contributed by atoms with Crippen molar-refractivity contribution >= 4 is 18.3 Å². The van der Waals surface area contributed by atoms with Gasteiger partial charge in [-0.25, -0.2) is 0 Å². The summed E-state index contributed by atoms with van der Waals surface area (Å²) in [5.74, 6) is 0.153. The molecule has 1 heterocycles. The molecule has 3 N–H and O–H groups in total. The molecule has 0 aromatic heterocycles. The zero-order valence-electron chi connectivity index (χ0n) is 12.6. The molecule has 20 heavy (non-hydrogen) atoms. The quantitative estimate of drug-likeness (QED) is 0.791. The van der Waals surface area contributed by atoms with E-state index in [1.807, 2.05) is 0 Å². The van der Waals surface area contributed by atoms with Crippen molar-refractivity contribution < 1.29 is 9.53 Å². The molecule has 5 heteroatoms. The van der Waals surface area contributed by atoms with Crippen LogP contribution in [0.5, 0.6) is 0 Å². The molecule has 0 aromatic rings. The Balaban J connectivity index is 0.00000200. The number of carbonyl (C=O) groups is 1. The number of hydrogen-bond acceptors (Lipinski definition) is 3. The third-order valence-electron chi connectivity index (χ3n) is 5.14. The molecule has 0 spiro atoms. The Morgan fingerprint density at radius 1 is 1.25 bits per heavy atom. The average Bonchev–Trinajstić information content (AvgIpc) is 2.42. The number of amides is 1. The van der Waals surface area contributed by atoms with Gasteiger partial charge in [0.05, 0.1) is 5.41 Å². The lowest BCUT2D eigenvalue weighted by atomic mass is 9.66. The van der Waals surface area contributed by atoms with Crippen LogP contribution in [0.3, 0.4) is 0 Å². The van der Waals surface area contributed by atoms with E-state index in [0.29, 0.717) is 25.2 Å². The molecule has 1 aliphatic heterocycles. The summed E-state index contributed by atoms with van der Waals surface area (Å²) < 4.78 is 5.36. The van der Waals surface area contributed by atoms with Crippen LogP contribution in [0, 0.1) is 10.8 Å². The van der Waals surface area contributed by atoms with E-state index in [2.05, 4.69) is 12.2 Å². The first-order chi connectivity index (χ1) is 9.16. The summed E-state index contributed by atoms with van der Waals surface area (Å²) in [6, 6.07) is 0. The van der Waals surface area contributed by atoms with Crippen molar-refractivity contribution in [3.63, 3.8) is 0 Å². The van der Waals surface area contributed by atoms with E-state index in [-0.39, 0.29) is 23.7 Å². The SMILES string of the molecule is CCCC1(CNC(=O)C2(CN)CCOCC2)CCC1.Cl. The molecule has 1 amide bonds. The predicted octanol–water partition coefficient (Wildman–Crippen LogP) is 2.25. The van der Waals surface area contributed by atoms with Gasteiger partial charge in [0.1, 0.15) is 0 Å². The lowest BCUT2D eigenvalue weighted by molar-refractivity contribution is -0.136. The van der Waals surface area contributed by atoms with Gasteiger partial charge in [-0.2, -0.15) is 0 Å². The monoisotopic (exact) mass is 304 g/mol. The second-order valence-corrected chi connectivity index (χ2v) is 6.38. The Hall–Kier alpha value is -0.320. The maximum absolute atomic E-state index is 12.5. The van der Waals surface area contributed by atoms with Gasteiger partial charge in [0.2, 0.25) is 5.91 Å². The molecule has 0 atom stereocenters. The van der Waals surface area contributed by atoms with Crippen LogP contribution in [0.15, 0.2) is 0 Å². The Labute approximate surface area is 128 Å². The van der Waals surface area contributed by atoms with E-state index in [1.54, 1.807) is 0 Å². The zero-order valence-corrected chi connectivity index (χ0v) is 13.4. The van der Waals surface area contributed by atoms with Crippen LogP contribution in [0.4, 0.5) is 0 Å². The van der Waals surface area contributed by atoms with Crippen molar-refractivity contribution in [2.45, 2.75) is 51.9 Å². The highest BCUT2D eigenvalue weighted by molar-refractivity contribution is 5.85. The molecule has 2 rings (SSSR count). The van der Waals surface area contributed by atoms with Crippen LogP contribution in [0.1, 0.15) is 51.9 Å². The number of ether oxygens (including phenoxy) is 1. The summed E-state index contributed by atoms with van der Waals surface area (Å²) >= 11 is 0. The molecular formula is C15H29ClN2O2. The van der Waals surface area contributed by atoms with Gasteiger partial charge in [0, 0.05) is 26.3 Å². The first-order valence-corrected chi connectivity index (χ1v) is 7.73. The fourth-order valence-corrected chi connectivity index (χ4v) is 3.46. The van der Waals surface area contributed by atoms with Crippen LogP contribution < -0.4 is 11.1 Å². The zero-order chi connectivity index (χ0) is 13.8. The maximum atomic E-state index is 12.5. The van der Waals surface area contributed by atoms with Crippen molar-refractivity contribution in [3.8, 4) is 0 Å². The summed E-state index contributed by atoms with van der Waals surface area (Å²) in [7, 11) is 0. The van der Waals surface area contributed by atoms with Crippen molar-refractivity contribution in [1.29, 1.82) is 0 Å². The van der Waals surface area contributed by atoms with Crippen molar-refractivity contribution in [2.24, 2.45) is 16.6 Å². The largest absolute Gasteiger partial charge is 0.381 e. The molecule has 118 valence electrons. The molecule has 2 fully saturated rings. The van der Waals surface area contributed by atoms with Gasteiger partial charge in [0.25, 0.3) is 0 Å². The van der Waals surface area contributed by atoms with Gasteiger partial charge in [-0.3, -0.25) is 4.79 Å². The first-order valence-electron chi connectivity index (χ1n) is 7.73.